The SMILES string of the molecule is CNC(CCC(F)(F)F)c1cc(Cl)ccc1OC. The summed E-state index contributed by atoms with van der Waals surface area (Å²) in [5.74, 6) is 0.529. The fourth-order valence-corrected chi connectivity index (χ4v) is 1.92. The van der Waals surface area contributed by atoms with Crippen LogP contribution in [0.2, 0.25) is 5.02 Å². The minimum absolute atomic E-state index is 0.0588. The van der Waals surface area contributed by atoms with E-state index < -0.39 is 18.6 Å². The molecule has 0 saturated carbocycles. The Morgan fingerprint density at radius 3 is 2.56 bits per heavy atom. The molecule has 0 bridgehead atoms. The molecule has 0 radical (unpaired) electrons. The zero-order chi connectivity index (χ0) is 13.8. The zero-order valence-corrected chi connectivity index (χ0v) is 10.9. The summed E-state index contributed by atoms with van der Waals surface area (Å²) < 4.78 is 41.9. The van der Waals surface area contributed by atoms with Crippen LogP contribution in [0.5, 0.6) is 5.75 Å². The van der Waals surface area contributed by atoms with Crippen LogP contribution < -0.4 is 10.1 Å². The molecule has 0 amide bonds. The van der Waals surface area contributed by atoms with Crippen molar-refractivity contribution >= 4 is 11.6 Å². The third-order valence-electron chi connectivity index (χ3n) is 2.63. The summed E-state index contributed by atoms with van der Waals surface area (Å²) in [5.41, 5.74) is 0.636. The zero-order valence-electron chi connectivity index (χ0n) is 10.1. The lowest BCUT2D eigenvalue weighted by Crippen LogP contribution is -2.20. The number of benzene rings is 1. The van der Waals surface area contributed by atoms with Gasteiger partial charge in [0.05, 0.1) is 7.11 Å². The summed E-state index contributed by atoms with van der Waals surface area (Å²) in [7, 11) is 3.09. The first-order valence-electron chi connectivity index (χ1n) is 5.45. The predicted octanol–water partition coefficient (Wildman–Crippen LogP) is 3.95. The topological polar surface area (TPSA) is 21.3 Å². The van der Waals surface area contributed by atoms with Crippen LogP contribution in [-0.2, 0) is 0 Å². The molecule has 0 aromatic heterocycles. The van der Waals surface area contributed by atoms with E-state index in [1.54, 1.807) is 25.2 Å². The summed E-state index contributed by atoms with van der Waals surface area (Å²) in [4.78, 5) is 0. The molecular formula is C12H15ClF3NO. The monoisotopic (exact) mass is 281 g/mol. The summed E-state index contributed by atoms with van der Waals surface area (Å²) in [6.45, 7) is 0. The molecule has 1 aromatic carbocycles. The molecule has 1 rings (SSSR count). The number of halogens is 4. The van der Waals surface area contributed by atoms with Crippen LogP contribution >= 0.6 is 11.6 Å². The van der Waals surface area contributed by atoms with Crippen LogP contribution in [0, 0.1) is 0 Å². The molecule has 0 spiro atoms. The number of hydrogen-bond acceptors (Lipinski definition) is 2. The van der Waals surface area contributed by atoms with Crippen molar-refractivity contribution in [3.05, 3.63) is 28.8 Å². The molecule has 2 nitrogen and oxygen atoms in total. The molecule has 1 aromatic rings. The van der Waals surface area contributed by atoms with Gasteiger partial charge < -0.3 is 10.1 Å². The van der Waals surface area contributed by atoms with E-state index in [9.17, 15) is 13.2 Å². The molecular weight excluding hydrogens is 267 g/mol. The molecule has 6 heteroatoms. The summed E-state index contributed by atoms with van der Waals surface area (Å²) >= 11 is 5.86. The fraction of sp³-hybridized carbons (Fsp3) is 0.500. The van der Waals surface area contributed by atoms with Crippen molar-refractivity contribution in [3.63, 3.8) is 0 Å². The van der Waals surface area contributed by atoms with Crippen molar-refractivity contribution < 1.29 is 17.9 Å². The third-order valence-corrected chi connectivity index (χ3v) is 2.87. The number of methoxy groups -OCH3 is 1. The summed E-state index contributed by atoms with van der Waals surface area (Å²) in [6, 6.07) is 4.47. The molecule has 1 unspecified atom stereocenters. The second-order valence-corrected chi connectivity index (χ2v) is 4.32. The van der Waals surface area contributed by atoms with E-state index in [0.29, 0.717) is 16.3 Å². The van der Waals surface area contributed by atoms with Gasteiger partial charge >= 0.3 is 6.18 Å². The van der Waals surface area contributed by atoms with Crippen molar-refractivity contribution in [1.29, 1.82) is 0 Å². The highest BCUT2D eigenvalue weighted by atomic mass is 35.5. The van der Waals surface area contributed by atoms with Gasteiger partial charge in [0, 0.05) is 23.0 Å². The number of ether oxygens (including phenoxy) is 1. The van der Waals surface area contributed by atoms with Crippen LogP contribution in [-0.4, -0.2) is 20.3 Å². The molecule has 1 atom stereocenters. The Hall–Kier alpha value is -0.940. The van der Waals surface area contributed by atoms with E-state index in [4.69, 9.17) is 16.3 Å². The first-order valence-corrected chi connectivity index (χ1v) is 5.82. The number of nitrogens with one attached hydrogen (secondary N) is 1. The standard InChI is InChI=1S/C12H15ClF3NO/c1-17-10(5-6-12(14,15)16)9-7-8(13)3-4-11(9)18-2/h3-4,7,10,17H,5-6H2,1-2H3. The van der Waals surface area contributed by atoms with Crippen molar-refractivity contribution in [3.8, 4) is 5.75 Å². The van der Waals surface area contributed by atoms with Crippen LogP contribution in [0.15, 0.2) is 18.2 Å². The smallest absolute Gasteiger partial charge is 0.389 e. The second-order valence-electron chi connectivity index (χ2n) is 3.88. The molecule has 18 heavy (non-hydrogen) atoms. The van der Waals surface area contributed by atoms with Gasteiger partial charge in [-0.05, 0) is 31.7 Å². The number of alkyl halides is 3. The number of hydrogen-bond donors (Lipinski definition) is 1. The van der Waals surface area contributed by atoms with E-state index in [0.717, 1.165) is 0 Å². The average Bonchev–Trinajstić information content (AvgIpc) is 2.28. The lowest BCUT2D eigenvalue weighted by molar-refractivity contribution is -0.136. The Kier molecular flexibility index (Phi) is 5.28. The second kappa shape index (κ2) is 6.29. The Labute approximate surface area is 109 Å². The van der Waals surface area contributed by atoms with E-state index in [1.807, 2.05) is 0 Å². The van der Waals surface area contributed by atoms with Gasteiger partial charge in [-0.15, -0.1) is 0 Å². The van der Waals surface area contributed by atoms with Crippen molar-refractivity contribution in [2.24, 2.45) is 0 Å². The molecule has 0 aliphatic carbocycles. The van der Waals surface area contributed by atoms with Crippen molar-refractivity contribution in [2.75, 3.05) is 14.2 Å². The molecule has 0 fully saturated rings. The Balaban J connectivity index is 2.90. The molecule has 0 aliphatic heterocycles. The Bertz CT molecular complexity index is 395. The maximum Gasteiger partial charge on any atom is 0.389 e. The third kappa shape index (κ3) is 4.38. The van der Waals surface area contributed by atoms with Gasteiger partial charge in [-0.2, -0.15) is 13.2 Å². The molecule has 0 aliphatic rings. The maximum absolute atomic E-state index is 12.2. The van der Waals surface area contributed by atoms with Crippen LogP contribution in [0.3, 0.4) is 0 Å². The highest BCUT2D eigenvalue weighted by molar-refractivity contribution is 6.30. The predicted molar refractivity (Wildman–Crippen MR) is 65.1 cm³/mol. The normalized spacial score (nSPS) is 13.4. The fourth-order valence-electron chi connectivity index (χ4n) is 1.74. The van der Waals surface area contributed by atoms with Gasteiger partial charge in [0.2, 0.25) is 0 Å². The van der Waals surface area contributed by atoms with Crippen LogP contribution in [0.4, 0.5) is 13.2 Å². The Morgan fingerprint density at radius 1 is 1.39 bits per heavy atom. The summed E-state index contributed by atoms with van der Waals surface area (Å²) in [6.07, 6.45) is -5.08. The molecule has 0 heterocycles. The highest BCUT2D eigenvalue weighted by Crippen LogP contribution is 2.33. The van der Waals surface area contributed by atoms with Gasteiger partial charge in [0.15, 0.2) is 0 Å². The van der Waals surface area contributed by atoms with E-state index in [2.05, 4.69) is 5.32 Å². The van der Waals surface area contributed by atoms with Crippen LogP contribution in [0.25, 0.3) is 0 Å². The number of rotatable bonds is 5. The highest BCUT2D eigenvalue weighted by Gasteiger charge is 2.29. The minimum atomic E-state index is -4.17. The van der Waals surface area contributed by atoms with Gasteiger partial charge in [-0.25, -0.2) is 0 Å². The quantitative estimate of drug-likeness (QED) is 0.882. The molecule has 1 N–H and O–H groups in total. The Morgan fingerprint density at radius 2 is 2.06 bits per heavy atom. The lowest BCUT2D eigenvalue weighted by atomic mass is 10.0. The molecule has 102 valence electrons. The van der Waals surface area contributed by atoms with Gasteiger partial charge in [0.25, 0.3) is 0 Å². The summed E-state index contributed by atoms with van der Waals surface area (Å²) in [5, 5.41) is 3.32. The average molecular weight is 282 g/mol. The van der Waals surface area contributed by atoms with Crippen LogP contribution in [0.1, 0.15) is 24.4 Å². The van der Waals surface area contributed by atoms with Gasteiger partial charge in [0.1, 0.15) is 5.75 Å². The van der Waals surface area contributed by atoms with Gasteiger partial charge in [-0.3, -0.25) is 0 Å². The first-order chi connectivity index (χ1) is 8.37. The minimum Gasteiger partial charge on any atom is -0.496 e. The van der Waals surface area contributed by atoms with Crippen molar-refractivity contribution in [1.82, 2.24) is 5.32 Å². The molecule has 0 saturated heterocycles. The lowest BCUT2D eigenvalue weighted by Gasteiger charge is -2.20. The van der Waals surface area contributed by atoms with E-state index in [1.165, 1.54) is 7.11 Å². The van der Waals surface area contributed by atoms with E-state index in [-0.39, 0.29) is 6.42 Å². The maximum atomic E-state index is 12.2. The van der Waals surface area contributed by atoms with Crippen molar-refractivity contribution in [2.45, 2.75) is 25.1 Å². The van der Waals surface area contributed by atoms with E-state index >= 15 is 0 Å². The van der Waals surface area contributed by atoms with Gasteiger partial charge in [-0.1, -0.05) is 11.6 Å². The largest absolute Gasteiger partial charge is 0.496 e. The first kappa shape index (κ1) is 15.1.